The summed E-state index contributed by atoms with van der Waals surface area (Å²) in [5.41, 5.74) is 3.63. The zero-order valence-electron chi connectivity index (χ0n) is 19.2. The van der Waals surface area contributed by atoms with E-state index in [1.165, 1.54) is 12.1 Å². The van der Waals surface area contributed by atoms with Gasteiger partial charge in [0.05, 0.1) is 18.0 Å². The van der Waals surface area contributed by atoms with Gasteiger partial charge in [-0.3, -0.25) is 24.3 Å². The van der Waals surface area contributed by atoms with Gasteiger partial charge in [0, 0.05) is 22.3 Å². The van der Waals surface area contributed by atoms with Crippen LogP contribution in [0.3, 0.4) is 0 Å². The molecule has 35 heavy (non-hydrogen) atoms. The first-order chi connectivity index (χ1) is 16.6. The second-order valence-corrected chi connectivity index (χ2v) is 8.56. The first-order valence-corrected chi connectivity index (χ1v) is 11.1. The average molecular weight is 497 g/mol. The van der Waals surface area contributed by atoms with E-state index in [1.807, 2.05) is 6.92 Å². The maximum atomic E-state index is 13.3. The quantitative estimate of drug-likeness (QED) is 0.284. The molecule has 1 N–H and O–H groups in total. The molecule has 0 aliphatic heterocycles. The number of aryl methyl sites for hydroxylation is 2. The number of nitro groups is 1. The summed E-state index contributed by atoms with van der Waals surface area (Å²) in [6.07, 6.45) is 0. The van der Waals surface area contributed by atoms with Crippen LogP contribution in [0.4, 0.5) is 15.9 Å². The van der Waals surface area contributed by atoms with Gasteiger partial charge in [0.25, 0.3) is 5.91 Å². The second kappa shape index (κ2) is 9.67. The third-order valence-electron chi connectivity index (χ3n) is 5.63. The largest absolute Gasteiger partial charge is 0.312 e. The van der Waals surface area contributed by atoms with Crippen LogP contribution in [0.5, 0.6) is 0 Å². The van der Waals surface area contributed by atoms with Gasteiger partial charge in [-0.1, -0.05) is 29.8 Å². The Kier molecular flexibility index (Phi) is 6.65. The van der Waals surface area contributed by atoms with Gasteiger partial charge < -0.3 is 5.32 Å². The van der Waals surface area contributed by atoms with E-state index in [0.717, 1.165) is 11.3 Å². The van der Waals surface area contributed by atoms with Gasteiger partial charge in [-0.25, -0.2) is 4.39 Å². The minimum Gasteiger partial charge on any atom is -0.305 e. The summed E-state index contributed by atoms with van der Waals surface area (Å²) in [6.45, 7) is 5.79. The van der Waals surface area contributed by atoms with Crippen LogP contribution in [-0.2, 0) is 13.1 Å². The molecule has 2 aromatic carbocycles. The van der Waals surface area contributed by atoms with Crippen LogP contribution >= 0.6 is 11.6 Å². The molecule has 0 saturated carbocycles. The summed E-state index contributed by atoms with van der Waals surface area (Å²) in [5.74, 6) is -0.362. The first kappa shape index (κ1) is 24.1. The molecule has 0 aliphatic rings. The number of amides is 1. The molecule has 1 amide bonds. The summed E-state index contributed by atoms with van der Waals surface area (Å²) >= 11 is 6.11. The summed E-state index contributed by atoms with van der Waals surface area (Å²) < 4.78 is 16.5. The molecule has 9 nitrogen and oxygen atoms in total. The number of anilines is 1. The van der Waals surface area contributed by atoms with Gasteiger partial charge in [-0.15, -0.1) is 0 Å². The summed E-state index contributed by atoms with van der Waals surface area (Å²) in [7, 11) is 0. The van der Waals surface area contributed by atoms with Crippen LogP contribution < -0.4 is 5.32 Å². The fourth-order valence-electron chi connectivity index (χ4n) is 3.77. The Balaban J connectivity index is 1.43. The topological polar surface area (TPSA) is 108 Å². The predicted molar refractivity (Wildman–Crippen MR) is 129 cm³/mol. The van der Waals surface area contributed by atoms with Gasteiger partial charge in [0.1, 0.15) is 17.2 Å². The number of halogens is 2. The van der Waals surface area contributed by atoms with Crippen LogP contribution in [-0.4, -0.2) is 30.4 Å². The fourth-order valence-corrected chi connectivity index (χ4v) is 4.00. The average Bonchev–Trinajstić information content (AvgIpc) is 3.27. The third kappa shape index (κ3) is 5.22. The Bertz CT molecular complexity index is 1430. The van der Waals surface area contributed by atoms with E-state index in [4.69, 9.17) is 11.6 Å². The van der Waals surface area contributed by atoms with Crippen LogP contribution in [0.25, 0.3) is 0 Å². The molecular formula is C24H22ClFN6O3. The number of benzene rings is 2. The molecule has 2 heterocycles. The van der Waals surface area contributed by atoms with Gasteiger partial charge in [0.15, 0.2) is 5.82 Å². The smallest absolute Gasteiger partial charge is 0.305 e. The SMILES string of the molecule is Cc1nn(Cc2ccc(C(=O)Nc3cc(C)n(Cc4ccc(F)cc4Cl)n3)cc2)c(C)c1[N+](=O)[O-]. The van der Waals surface area contributed by atoms with Crippen molar-refractivity contribution < 1.29 is 14.1 Å². The second-order valence-electron chi connectivity index (χ2n) is 8.15. The Morgan fingerprint density at radius 1 is 1.06 bits per heavy atom. The number of aromatic nitrogens is 4. The maximum Gasteiger partial charge on any atom is 0.312 e. The van der Waals surface area contributed by atoms with Crippen molar-refractivity contribution >= 4 is 29.0 Å². The number of carbonyl (C=O) groups excluding carboxylic acids is 1. The molecule has 0 aliphatic carbocycles. The molecule has 0 atom stereocenters. The number of rotatable bonds is 7. The lowest BCUT2D eigenvalue weighted by Gasteiger charge is -2.07. The minimum absolute atomic E-state index is 0.0115. The highest BCUT2D eigenvalue weighted by molar-refractivity contribution is 6.31. The van der Waals surface area contributed by atoms with E-state index in [-0.39, 0.29) is 11.6 Å². The minimum atomic E-state index is -0.432. The molecule has 180 valence electrons. The Morgan fingerprint density at radius 2 is 1.77 bits per heavy atom. The molecule has 0 radical (unpaired) electrons. The number of nitrogens with one attached hydrogen (secondary N) is 1. The van der Waals surface area contributed by atoms with E-state index < -0.39 is 10.7 Å². The molecular weight excluding hydrogens is 475 g/mol. The molecule has 4 aromatic rings. The van der Waals surface area contributed by atoms with Crippen molar-refractivity contribution in [1.82, 2.24) is 19.6 Å². The molecule has 0 unspecified atom stereocenters. The van der Waals surface area contributed by atoms with E-state index in [0.29, 0.717) is 46.4 Å². The van der Waals surface area contributed by atoms with Crippen LogP contribution in [0.15, 0.2) is 48.5 Å². The lowest BCUT2D eigenvalue weighted by molar-refractivity contribution is -0.386. The number of carbonyl (C=O) groups is 1. The normalized spacial score (nSPS) is 11.0. The highest BCUT2D eigenvalue weighted by Crippen LogP contribution is 2.23. The monoisotopic (exact) mass is 496 g/mol. The predicted octanol–water partition coefficient (Wildman–Crippen LogP) is 5.05. The van der Waals surface area contributed by atoms with Gasteiger partial charge in [-0.2, -0.15) is 10.2 Å². The molecule has 0 spiro atoms. The van der Waals surface area contributed by atoms with Gasteiger partial charge in [0.2, 0.25) is 0 Å². The Labute approximate surface area is 205 Å². The number of nitrogens with zero attached hydrogens (tertiary/aromatic N) is 5. The zero-order chi connectivity index (χ0) is 25.3. The number of hydrogen-bond donors (Lipinski definition) is 1. The fraction of sp³-hybridized carbons (Fsp3) is 0.208. The highest BCUT2D eigenvalue weighted by Gasteiger charge is 2.21. The molecule has 0 saturated heterocycles. The van der Waals surface area contributed by atoms with Crippen molar-refractivity contribution in [2.75, 3.05) is 5.32 Å². The number of hydrogen-bond acceptors (Lipinski definition) is 5. The van der Waals surface area contributed by atoms with Crippen molar-refractivity contribution in [3.05, 3.63) is 103 Å². The van der Waals surface area contributed by atoms with Gasteiger partial charge >= 0.3 is 5.69 Å². The summed E-state index contributed by atoms with van der Waals surface area (Å²) in [4.78, 5) is 23.5. The molecule has 11 heteroatoms. The Hall–Kier alpha value is -4.05. The lowest BCUT2D eigenvalue weighted by atomic mass is 10.1. The molecule has 4 rings (SSSR count). The van der Waals surface area contributed by atoms with Gasteiger partial charge in [-0.05, 0) is 56.2 Å². The van der Waals surface area contributed by atoms with Crippen molar-refractivity contribution in [3.8, 4) is 0 Å². The summed E-state index contributed by atoms with van der Waals surface area (Å²) in [5, 5.41) is 22.9. The van der Waals surface area contributed by atoms with Crippen LogP contribution in [0, 0.1) is 36.7 Å². The van der Waals surface area contributed by atoms with Crippen molar-refractivity contribution in [3.63, 3.8) is 0 Å². The van der Waals surface area contributed by atoms with E-state index in [9.17, 15) is 19.3 Å². The zero-order valence-corrected chi connectivity index (χ0v) is 20.0. The van der Waals surface area contributed by atoms with Crippen molar-refractivity contribution in [1.29, 1.82) is 0 Å². The Morgan fingerprint density at radius 3 is 2.40 bits per heavy atom. The highest BCUT2D eigenvalue weighted by atomic mass is 35.5. The van der Waals surface area contributed by atoms with Crippen molar-refractivity contribution in [2.24, 2.45) is 0 Å². The first-order valence-electron chi connectivity index (χ1n) is 10.7. The third-order valence-corrected chi connectivity index (χ3v) is 5.98. The van der Waals surface area contributed by atoms with Crippen molar-refractivity contribution in [2.45, 2.75) is 33.9 Å². The van der Waals surface area contributed by atoms with E-state index in [1.54, 1.807) is 59.6 Å². The maximum absolute atomic E-state index is 13.3. The molecule has 0 bridgehead atoms. The van der Waals surface area contributed by atoms with E-state index in [2.05, 4.69) is 15.5 Å². The summed E-state index contributed by atoms with van der Waals surface area (Å²) in [6, 6.07) is 12.8. The molecule has 0 fully saturated rings. The lowest BCUT2D eigenvalue weighted by Crippen LogP contribution is -2.13. The standard InChI is InChI=1S/C24H22ClFN6O3/c1-14-10-22(29-30(14)13-19-8-9-20(26)11-21(19)25)27-24(33)18-6-4-17(5-7-18)12-31-16(3)23(32(34)35)15(2)28-31/h4-11H,12-13H2,1-3H3,(H,27,29,33). The van der Waals surface area contributed by atoms with Crippen LogP contribution in [0.2, 0.25) is 5.02 Å². The van der Waals surface area contributed by atoms with E-state index >= 15 is 0 Å². The van der Waals surface area contributed by atoms with Crippen LogP contribution in [0.1, 0.15) is 38.6 Å². The molecule has 2 aromatic heterocycles.